The minimum atomic E-state index is -3.32. The van der Waals surface area contributed by atoms with Gasteiger partial charge in [-0.05, 0) is 11.6 Å². The quantitative estimate of drug-likeness (QED) is 0.726. The van der Waals surface area contributed by atoms with Crippen LogP contribution in [0, 0.1) is 0 Å². The molecule has 3 N–H and O–H groups in total. The number of nitrogens with zero attached hydrogens (tertiary/aromatic N) is 1. The standard InChI is InChI=1S/C8H12ClN3O2S/c9-8-2-1-7(5-11-8)6-15(13,14)12-4-3-10/h1-2,5,12H,3-4,6,10H2. The molecule has 1 rings (SSSR count). The van der Waals surface area contributed by atoms with Crippen molar-refractivity contribution in [1.29, 1.82) is 0 Å². The van der Waals surface area contributed by atoms with Crippen LogP contribution in [0.4, 0.5) is 0 Å². The molecule has 0 radical (unpaired) electrons. The summed E-state index contributed by atoms with van der Waals surface area (Å²) in [7, 11) is -3.32. The second kappa shape index (κ2) is 5.41. The van der Waals surface area contributed by atoms with Gasteiger partial charge in [-0.3, -0.25) is 0 Å². The fourth-order valence-corrected chi connectivity index (χ4v) is 2.23. The van der Waals surface area contributed by atoms with Gasteiger partial charge in [0.1, 0.15) is 5.15 Å². The molecule has 0 atom stereocenters. The van der Waals surface area contributed by atoms with Crippen LogP contribution in [-0.4, -0.2) is 26.5 Å². The highest BCUT2D eigenvalue weighted by molar-refractivity contribution is 7.88. The van der Waals surface area contributed by atoms with Gasteiger partial charge >= 0.3 is 0 Å². The van der Waals surface area contributed by atoms with Gasteiger partial charge in [-0.15, -0.1) is 0 Å². The Balaban J connectivity index is 2.65. The summed E-state index contributed by atoms with van der Waals surface area (Å²) < 4.78 is 25.2. The third-order valence-electron chi connectivity index (χ3n) is 1.61. The first kappa shape index (κ1) is 12.4. The lowest BCUT2D eigenvalue weighted by atomic mass is 10.3. The average Bonchev–Trinajstić information content (AvgIpc) is 2.18. The molecule has 5 nitrogen and oxygen atoms in total. The molecule has 15 heavy (non-hydrogen) atoms. The molecule has 0 aliphatic rings. The first-order chi connectivity index (χ1) is 7.03. The second-order valence-electron chi connectivity index (χ2n) is 2.93. The zero-order valence-corrected chi connectivity index (χ0v) is 9.55. The predicted molar refractivity (Wildman–Crippen MR) is 58.9 cm³/mol. The van der Waals surface area contributed by atoms with E-state index in [2.05, 4.69) is 9.71 Å². The molecule has 0 spiro atoms. The number of sulfonamides is 1. The van der Waals surface area contributed by atoms with E-state index in [9.17, 15) is 8.42 Å². The Morgan fingerprint density at radius 2 is 2.20 bits per heavy atom. The molecule has 0 fully saturated rings. The Bertz CT molecular complexity index is 404. The van der Waals surface area contributed by atoms with Crippen LogP contribution in [0.15, 0.2) is 18.3 Å². The Morgan fingerprint density at radius 1 is 1.47 bits per heavy atom. The number of nitrogens with two attached hydrogens (primary N) is 1. The number of hydrogen-bond donors (Lipinski definition) is 2. The maximum Gasteiger partial charge on any atom is 0.215 e. The van der Waals surface area contributed by atoms with Gasteiger partial charge < -0.3 is 5.73 Å². The van der Waals surface area contributed by atoms with Crippen molar-refractivity contribution in [3.05, 3.63) is 29.0 Å². The second-order valence-corrected chi connectivity index (χ2v) is 5.13. The fourth-order valence-electron chi connectivity index (χ4n) is 0.977. The van der Waals surface area contributed by atoms with E-state index in [4.69, 9.17) is 17.3 Å². The van der Waals surface area contributed by atoms with Gasteiger partial charge in [0.2, 0.25) is 10.0 Å². The summed E-state index contributed by atoms with van der Waals surface area (Å²) in [6, 6.07) is 3.17. The molecule has 0 unspecified atom stereocenters. The molecule has 0 aliphatic carbocycles. The topological polar surface area (TPSA) is 85.1 Å². The summed E-state index contributed by atoms with van der Waals surface area (Å²) in [4.78, 5) is 3.79. The first-order valence-corrected chi connectivity index (χ1v) is 6.34. The maximum atomic E-state index is 11.4. The van der Waals surface area contributed by atoms with E-state index < -0.39 is 10.0 Å². The number of nitrogens with one attached hydrogen (secondary N) is 1. The largest absolute Gasteiger partial charge is 0.329 e. The van der Waals surface area contributed by atoms with Gasteiger partial charge in [0, 0.05) is 19.3 Å². The van der Waals surface area contributed by atoms with Crippen LogP contribution in [0.1, 0.15) is 5.56 Å². The van der Waals surface area contributed by atoms with E-state index >= 15 is 0 Å². The summed E-state index contributed by atoms with van der Waals surface area (Å²) in [5.74, 6) is -0.114. The monoisotopic (exact) mass is 249 g/mol. The average molecular weight is 250 g/mol. The minimum absolute atomic E-state index is 0.114. The van der Waals surface area contributed by atoms with Crippen LogP contribution in [0.5, 0.6) is 0 Å². The van der Waals surface area contributed by atoms with Gasteiger partial charge in [-0.2, -0.15) is 0 Å². The smallest absolute Gasteiger partial charge is 0.215 e. The molecule has 0 amide bonds. The van der Waals surface area contributed by atoms with Crippen molar-refractivity contribution < 1.29 is 8.42 Å². The summed E-state index contributed by atoms with van der Waals surface area (Å²) in [6.45, 7) is 0.515. The highest BCUT2D eigenvalue weighted by Gasteiger charge is 2.10. The Kier molecular flexibility index (Phi) is 4.46. The third kappa shape index (κ3) is 4.57. The van der Waals surface area contributed by atoms with E-state index in [0.717, 1.165) is 0 Å². The van der Waals surface area contributed by atoms with E-state index in [1.54, 1.807) is 12.1 Å². The summed E-state index contributed by atoms with van der Waals surface area (Å²) >= 11 is 5.57. The van der Waals surface area contributed by atoms with Gasteiger partial charge in [0.15, 0.2) is 0 Å². The van der Waals surface area contributed by atoms with Crippen LogP contribution in [0.2, 0.25) is 5.15 Å². The van der Waals surface area contributed by atoms with Crippen LogP contribution in [-0.2, 0) is 15.8 Å². The van der Waals surface area contributed by atoms with Crippen molar-refractivity contribution in [3.8, 4) is 0 Å². The van der Waals surface area contributed by atoms with Crippen LogP contribution < -0.4 is 10.5 Å². The first-order valence-electron chi connectivity index (χ1n) is 4.31. The lowest BCUT2D eigenvalue weighted by Crippen LogP contribution is -2.30. The zero-order chi connectivity index (χ0) is 11.3. The zero-order valence-electron chi connectivity index (χ0n) is 7.98. The minimum Gasteiger partial charge on any atom is -0.329 e. The molecule has 1 heterocycles. The molecule has 0 saturated carbocycles. The normalized spacial score (nSPS) is 11.6. The molecule has 0 aromatic carbocycles. The number of hydrogen-bond acceptors (Lipinski definition) is 4. The Hall–Kier alpha value is -0.690. The molecule has 7 heteroatoms. The van der Waals surface area contributed by atoms with Crippen molar-refractivity contribution in [3.63, 3.8) is 0 Å². The molecule has 84 valence electrons. The maximum absolute atomic E-state index is 11.4. The van der Waals surface area contributed by atoms with E-state index in [1.165, 1.54) is 6.20 Å². The van der Waals surface area contributed by atoms with Gasteiger partial charge in [-0.25, -0.2) is 18.1 Å². The SMILES string of the molecule is NCCNS(=O)(=O)Cc1ccc(Cl)nc1. The van der Waals surface area contributed by atoms with E-state index in [1.807, 2.05) is 0 Å². The molecule has 0 saturated heterocycles. The van der Waals surface area contributed by atoms with Crippen LogP contribution in [0.3, 0.4) is 0 Å². The van der Waals surface area contributed by atoms with E-state index in [-0.39, 0.29) is 18.8 Å². The number of halogens is 1. The van der Waals surface area contributed by atoms with Gasteiger partial charge in [0.05, 0.1) is 5.75 Å². The molecule has 0 aliphatic heterocycles. The molecule has 0 bridgehead atoms. The molecular weight excluding hydrogens is 238 g/mol. The summed E-state index contributed by atoms with van der Waals surface area (Å²) in [5, 5.41) is 0.339. The molecular formula is C8H12ClN3O2S. The van der Waals surface area contributed by atoms with Gasteiger partial charge in [0.25, 0.3) is 0 Å². The van der Waals surface area contributed by atoms with Crippen LogP contribution in [0.25, 0.3) is 0 Å². The number of pyridine rings is 1. The Labute approximate surface area is 93.7 Å². The van der Waals surface area contributed by atoms with Crippen molar-refractivity contribution >= 4 is 21.6 Å². The van der Waals surface area contributed by atoms with E-state index in [0.29, 0.717) is 10.7 Å². The van der Waals surface area contributed by atoms with Crippen LogP contribution >= 0.6 is 11.6 Å². The van der Waals surface area contributed by atoms with Crippen molar-refractivity contribution in [2.45, 2.75) is 5.75 Å². The lowest BCUT2D eigenvalue weighted by Gasteiger charge is -2.04. The van der Waals surface area contributed by atoms with Crippen molar-refractivity contribution in [2.75, 3.05) is 13.1 Å². The number of rotatable bonds is 5. The third-order valence-corrected chi connectivity index (χ3v) is 3.19. The van der Waals surface area contributed by atoms with Gasteiger partial charge in [-0.1, -0.05) is 17.7 Å². The summed E-state index contributed by atoms with van der Waals surface area (Å²) in [5.41, 5.74) is 5.78. The Morgan fingerprint density at radius 3 is 2.73 bits per heavy atom. The van der Waals surface area contributed by atoms with Crippen molar-refractivity contribution in [1.82, 2.24) is 9.71 Å². The highest BCUT2D eigenvalue weighted by Crippen LogP contribution is 2.07. The fraction of sp³-hybridized carbons (Fsp3) is 0.375. The molecule has 1 aromatic rings. The predicted octanol–water partition coefficient (Wildman–Crippen LogP) is 0.113. The molecule has 1 aromatic heterocycles. The highest BCUT2D eigenvalue weighted by atomic mass is 35.5. The van der Waals surface area contributed by atoms with Crippen molar-refractivity contribution in [2.24, 2.45) is 5.73 Å². The lowest BCUT2D eigenvalue weighted by molar-refractivity contribution is 0.581. The summed E-state index contributed by atoms with van der Waals surface area (Å²) in [6.07, 6.45) is 1.43. The number of aromatic nitrogens is 1.